The van der Waals surface area contributed by atoms with Crippen molar-refractivity contribution in [2.75, 3.05) is 6.61 Å². The molecular weight excluding hydrogens is 664 g/mol. The van der Waals surface area contributed by atoms with Crippen LogP contribution in [0.2, 0.25) is 0 Å². The number of ether oxygens (including phenoxy) is 6. The van der Waals surface area contributed by atoms with Crippen molar-refractivity contribution in [1.29, 1.82) is 0 Å². The lowest BCUT2D eigenvalue weighted by atomic mass is 9.86. The van der Waals surface area contributed by atoms with Gasteiger partial charge in [0.25, 0.3) is 5.76 Å². The van der Waals surface area contributed by atoms with Crippen molar-refractivity contribution in [3.63, 3.8) is 0 Å². The molecule has 3 aliphatic rings. The zero-order chi connectivity index (χ0) is 37.9. The first-order valence-corrected chi connectivity index (χ1v) is 19.8. The maximum Gasteiger partial charge on any atom is 0.378 e. The Bertz CT molecular complexity index is 1380. The summed E-state index contributed by atoms with van der Waals surface area (Å²) in [6, 6.07) is 5.61. The van der Waals surface area contributed by atoms with Crippen LogP contribution in [0.3, 0.4) is 0 Å². The Morgan fingerprint density at radius 2 is 1.50 bits per heavy atom. The second kappa shape index (κ2) is 19.3. The number of carbonyl (C=O) groups excluding carboxylic acids is 3. The predicted molar refractivity (Wildman–Crippen MR) is 198 cm³/mol. The number of unbranched alkanes of at least 4 members (excludes halogenated alkanes) is 2. The molecule has 0 saturated carbocycles. The minimum absolute atomic E-state index is 0.0146. The molecule has 1 saturated heterocycles. The Kier molecular flexibility index (Phi) is 15.4. The number of hydrogen-bond donors (Lipinski definition) is 1. The van der Waals surface area contributed by atoms with Gasteiger partial charge in [-0.3, -0.25) is 9.59 Å². The Hall–Kier alpha value is -3.11. The topological polar surface area (TPSA) is 127 Å². The number of aliphatic hydroxyl groups is 1. The maximum absolute atomic E-state index is 12.5. The fourth-order valence-electron chi connectivity index (χ4n) is 7.34. The summed E-state index contributed by atoms with van der Waals surface area (Å²) in [7, 11) is 0. The minimum atomic E-state index is -1.09. The van der Waals surface area contributed by atoms with E-state index in [1.807, 2.05) is 12.1 Å². The van der Waals surface area contributed by atoms with Crippen LogP contribution in [0, 0.1) is 17.8 Å². The van der Waals surface area contributed by atoms with Gasteiger partial charge < -0.3 is 33.5 Å². The molecule has 292 valence electrons. The van der Waals surface area contributed by atoms with Crippen LogP contribution in [0.1, 0.15) is 150 Å². The van der Waals surface area contributed by atoms with E-state index in [0.29, 0.717) is 25.0 Å². The highest BCUT2D eigenvalue weighted by Gasteiger charge is 2.47. The molecule has 1 fully saturated rings. The van der Waals surface area contributed by atoms with E-state index >= 15 is 0 Å². The molecule has 3 aliphatic heterocycles. The number of rotatable bonds is 21. The highest BCUT2D eigenvalue weighted by atomic mass is 16.8. The number of fused-ring (bicyclic) bond motifs is 1. The van der Waals surface area contributed by atoms with Crippen molar-refractivity contribution in [2.45, 2.75) is 175 Å². The van der Waals surface area contributed by atoms with Crippen LogP contribution < -0.4 is 9.47 Å². The van der Waals surface area contributed by atoms with Gasteiger partial charge in [0, 0.05) is 12.8 Å². The zero-order valence-corrected chi connectivity index (χ0v) is 32.8. The van der Waals surface area contributed by atoms with E-state index in [-0.39, 0.29) is 31.0 Å². The summed E-state index contributed by atoms with van der Waals surface area (Å²) in [4.78, 5) is 37.1. The summed E-state index contributed by atoms with van der Waals surface area (Å²) in [5.74, 6) is -0.0334. The van der Waals surface area contributed by atoms with Crippen molar-refractivity contribution in [1.82, 2.24) is 0 Å². The largest absolute Gasteiger partial charge is 0.505 e. The summed E-state index contributed by atoms with van der Waals surface area (Å²) in [5, 5.41) is 10.4. The summed E-state index contributed by atoms with van der Waals surface area (Å²) < 4.78 is 33.5. The van der Waals surface area contributed by atoms with Gasteiger partial charge in [0.1, 0.15) is 23.2 Å². The molecule has 0 bridgehead atoms. The monoisotopic (exact) mass is 728 g/mol. The van der Waals surface area contributed by atoms with Crippen molar-refractivity contribution in [2.24, 2.45) is 17.8 Å². The van der Waals surface area contributed by atoms with Crippen molar-refractivity contribution >= 4 is 17.9 Å². The van der Waals surface area contributed by atoms with Gasteiger partial charge in [-0.1, -0.05) is 79.1 Å². The molecule has 0 aromatic heterocycles. The third kappa shape index (κ3) is 13.1. The molecule has 3 heterocycles. The van der Waals surface area contributed by atoms with E-state index in [2.05, 4.69) is 34.6 Å². The number of esters is 3. The summed E-state index contributed by atoms with van der Waals surface area (Å²) in [6.07, 6.45) is 13.3. The van der Waals surface area contributed by atoms with Gasteiger partial charge in [0.15, 0.2) is 17.7 Å². The third-order valence-electron chi connectivity index (χ3n) is 10.6. The van der Waals surface area contributed by atoms with E-state index in [1.165, 1.54) is 44.9 Å². The van der Waals surface area contributed by atoms with Gasteiger partial charge in [0.2, 0.25) is 0 Å². The number of carbonyl (C=O) groups is 3. The lowest BCUT2D eigenvalue weighted by Crippen LogP contribution is -2.36. The van der Waals surface area contributed by atoms with Crippen molar-refractivity contribution in [3.8, 4) is 11.5 Å². The first-order chi connectivity index (χ1) is 24.6. The number of cyclic esters (lactones) is 1. The zero-order valence-electron chi connectivity index (χ0n) is 32.8. The highest BCUT2D eigenvalue weighted by molar-refractivity contribution is 5.92. The standard InChI is InChI=1S/C42H64O10/c1-28(2)14-11-15-29(3)16-12-17-30(4)18-13-24-42(7)25-23-31-26-32(21-22-33(31)52-42)48-35(43)19-9-8-10-20-36(44)49-39-37(45)38(50-40(39)46)34-27-47-41(5,6)51-34/h21-22,26,28-30,34,38,45H,8-20,23-25,27H2,1-7H3/t29-,30-,34?,38-,42-/m1/s1. The second-order valence-electron chi connectivity index (χ2n) is 16.6. The molecule has 0 amide bonds. The summed E-state index contributed by atoms with van der Waals surface area (Å²) in [5.41, 5.74) is 0.878. The fourth-order valence-corrected chi connectivity index (χ4v) is 7.34. The van der Waals surface area contributed by atoms with Gasteiger partial charge in [-0.25, -0.2) is 4.79 Å². The molecule has 4 rings (SSSR count). The quantitative estimate of drug-likeness (QED) is 0.0743. The molecule has 1 aromatic rings. The Morgan fingerprint density at radius 3 is 2.13 bits per heavy atom. The number of aryl methyl sites for hydroxylation is 1. The molecule has 0 radical (unpaired) electrons. The molecule has 10 heteroatoms. The minimum Gasteiger partial charge on any atom is -0.505 e. The second-order valence-corrected chi connectivity index (χ2v) is 16.6. The van der Waals surface area contributed by atoms with E-state index in [4.69, 9.17) is 28.4 Å². The average molecular weight is 729 g/mol. The van der Waals surface area contributed by atoms with Gasteiger partial charge in [0.05, 0.1) is 6.61 Å². The molecule has 1 unspecified atom stereocenters. The molecule has 52 heavy (non-hydrogen) atoms. The first-order valence-electron chi connectivity index (χ1n) is 19.8. The Balaban J connectivity index is 1.08. The van der Waals surface area contributed by atoms with E-state index < -0.39 is 41.5 Å². The average Bonchev–Trinajstić information content (AvgIpc) is 3.57. The number of hydrogen-bond acceptors (Lipinski definition) is 10. The number of aliphatic hydroxyl groups excluding tert-OH is 1. The van der Waals surface area contributed by atoms with Gasteiger partial charge >= 0.3 is 17.9 Å². The first kappa shape index (κ1) is 41.6. The summed E-state index contributed by atoms with van der Waals surface area (Å²) >= 11 is 0. The van der Waals surface area contributed by atoms with Gasteiger partial charge in [-0.2, -0.15) is 0 Å². The molecule has 0 spiro atoms. The number of benzene rings is 1. The Morgan fingerprint density at radius 1 is 0.865 bits per heavy atom. The van der Waals surface area contributed by atoms with E-state index in [1.54, 1.807) is 19.9 Å². The molecule has 10 nitrogen and oxygen atoms in total. The SMILES string of the molecule is CC(C)CCC[C@@H](C)CCC[C@@H](C)CCC[C@]1(C)CCc2cc(OC(=O)CCCCCC(=O)OC3=C(O)[C@@H](C4COC(C)(C)O4)OC3=O)ccc2O1. The third-order valence-corrected chi connectivity index (χ3v) is 10.6. The highest BCUT2D eigenvalue weighted by Crippen LogP contribution is 2.38. The van der Waals surface area contributed by atoms with Crippen LogP contribution in [0.4, 0.5) is 0 Å². The van der Waals surface area contributed by atoms with Crippen LogP contribution in [-0.4, -0.2) is 53.2 Å². The lowest BCUT2D eigenvalue weighted by molar-refractivity contribution is -0.164. The lowest BCUT2D eigenvalue weighted by Gasteiger charge is -2.36. The van der Waals surface area contributed by atoms with E-state index in [0.717, 1.165) is 54.7 Å². The summed E-state index contributed by atoms with van der Waals surface area (Å²) in [6.45, 7) is 15.2. The van der Waals surface area contributed by atoms with Crippen molar-refractivity contribution in [3.05, 3.63) is 35.3 Å². The van der Waals surface area contributed by atoms with Crippen LogP contribution in [0.25, 0.3) is 0 Å². The van der Waals surface area contributed by atoms with Crippen LogP contribution >= 0.6 is 0 Å². The van der Waals surface area contributed by atoms with Crippen LogP contribution in [-0.2, 0) is 39.8 Å². The fraction of sp³-hybridized carbons (Fsp3) is 0.738. The molecule has 1 aromatic carbocycles. The van der Waals surface area contributed by atoms with Gasteiger partial charge in [-0.05, 0) is 101 Å². The molecular formula is C42H64O10. The maximum atomic E-state index is 12.5. The normalized spacial score (nSPS) is 23.6. The van der Waals surface area contributed by atoms with Gasteiger partial charge in [-0.15, -0.1) is 0 Å². The molecule has 1 N–H and O–H groups in total. The Labute approximate surface area is 311 Å². The molecule has 0 aliphatic carbocycles. The predicted octanol–water partition coefficient (Wildman–Crippen LogP) is 9.46. The van der Waals surface area contributed by atoms with Crippen LogP contribution in [0.5, 0.6) is 11.5 Å². The molecule has 5 atom stereocenters. The van der Waals surface area contributed by atoms with E-state index in [9.17, 15) is 19.5 Å². The van der Waals surface area contributed by atoms with Crippen LogP contribution in [0.15, 0.2) is 29.7 Å². The van der Waals surface area contributed by atoms with Crippen molar-refractivity contribution < 1.29 is 47.9 Å². The smallest absolute Gasteiger partial charge is 0.378 e.